The molecule has 0 amide bonds. The van der Waals surface area contributed by atoms with Crippen molar-refractivity contribution < 1.29 is 19.8 Å². The summed E-state index contributed by atoms with van der Waals surface area (Å²) in [4.78, 5) is 23.1. The second-order valence-electron chi connectivity index (χ2n) is 9.34. The van der Waals surface area contributed by atoms with E-state index in [0.717, 1.165) is 23.1 Å². The van der Waals surface area contributed by atoms with Gasteiger partial charge in [-0.3, -0.25) is 9.59 Å². The molecule has 4 rings (SSSR count). The molecule has 0 heterocycles. The molecule has 4 heteroatoms. The normalized spacial score (nSPS) is 44.0. The zero-order valence-corrected chi connectivity index (χ0v) is 16.6. The van der Waals surface area contributed by atoms with E-state index in [0.29, 0.717) is 6.42 Å². The summed E-state index contributed by atoms with van der Waals surface area (Å²) in [6.07, 6.45) is 11.2. The van der Waals surface area contributed by atoms with Gasteiger partial charge in [0.1, 0.15) is 0 Å². The van der Waals surface area contributed by atoms with E-state index in [1.807, 2.05) is 6.08 Å². The average Bonchev–Trinajstić information content (AvgIpc) is 2.91. The summed E-state index contributed by atoms with van der Waals surface area (Å²) >= 11 is 0. The van der Waals surface area contributed by atoms with E-state index in [2.05, 4.69) is 39.2 Å². The van der Waals surface area contributed by atoms with Gasteiger partial charge in [0, 0.05) is 17.3 Å². The molecule has 0 aromatic rings. The Morgan fingerprint density at radius 1 is 1.29 bits per heavy atom. The van der Waals surface area contributed by atoms with Crippen LogP contribution < -0.4 is 0 Å². The topological polar surface area (TPSA) is 74.6 Å². The zero-order valence-electron chi connectivity index (χ0n) is 16.6. The molecule has 0 aromatic carbocycles. The fourth-order valence-electron chi connectivity index (χ4n) is 6.32. The summed E-state index contributed by atoms with van der Waals surface area (Å²) < 4.78 is 0. The van der Waals surface area contributed by atoms with Crippen molar-refractivity contribution in [2.45, 2.75) is 45.1 Å². The molecule has 2 N–H and O–H groups in total. The highest BCUT2D eigenvalue weighted by molar-refractivity contribution is 6.02. The van der Waals surface area contributed by atoms with Gasteiger partial charge in [0.2, 0.25) is 0 Å². The van der Waals surface area contributed by atoms with E-state index in [1.165, 1.54) is 0 Å². The number of carboxylic acids is 1. The maximum absolute atomic E-state index is 12.0. The molecule has 0 bridgehead atoms. The third-order valence-electron chi connectivity index (χ3n) is 8.13. The molecule has 0 spiro atoms. The van der Waals surface area contributed by atoms with Gasteiger partial charge in [-0.15, -0.1) is 0 Å². The summed E-state index contributed by atoms with van der Waals surface area (Å²) in [5.41, 5.74) is 0.863. The van der Waals surface area contributed by atoms with Crippen molar-refractivity contribution in [3.63, 3.8) is 0 Å². The lowest BCUT2D eigenvalue weighted by Crippen LogP contribution is -2.52. The summed E-state index contributed by atoms with van der Waals surface area (Å²) in [5, 5.41) is 20.6. The minimum atomic E-state index is -1.03. The standard InChI is InChI=1S/C24H28O4/c1-14-15(2)21-17(22(3)9-5-16(25)13-19(14)22)6-10-23(4)18(21)7-11-24(23,28)12-8-20(26)27/h5-6,9-10,13,17-18,21,28H,1-2,7-8,11-12H2,3-4H3,(H,26,27)/t17-,18-,21+,22+,23-,24-/m0/s1. The monoisotopic (exact) mass is 380 g/mol. The van der Waals surface area contributed by atoms with Crippen molar-refractivity contribution in [2.24, 2.45) is 28.6 Å². The predicted octanol–water partition coefficient (Wildman–Crippen LogP) is 4.00. The summed E-state index contributed by atoms with van der Waals surface area (Å²) in [5.74, 6) is -0.487. The van der Waals surface area contributed by atoms with Crippen molar-refractivity contribution in [2.75, 3.05) is 0 Å². The summed E-state index contributed by atoms with van der Waals surface area (Å²) in [6.45, 7) is 12.8. The number of hydrogen-bond acceptors (Lipinski definition) is 3. The average molecular weight is 380 g/mol. The minimum absolute atomic E-state index is 0.0200. The molecule has 0 radical (unpaired) electrons. The van der Waals surface area contributed by atoms with Crippen molar-refractivity contribution in [3.05, 3.63) is 60.3 Å². The number of carboxylic acid groups (broad SMARTS) is 1. The fourth-order valence-corrected chi connectivity index (χ4v) is 6.32. The van der Waals surface area contributed by atoms with Crippen LogP contribution in [0.25, 0.3) is 0 Å². The number of carbonyl (C=O) groups is 2. The second kappa shape index (κ2) is 5.90. The molecule has 4 aliphatic rings. The van der Waals surface area contributed by atoms with Gasteiger partial charge in [-0.25, -0.2) is 0 Å². The number of hydrogen-bond donors (Lipinski definition) is 2. The van der Waals surface area contributed by atoms with Gasteiger partial charge in [0.05, 0.1) is 5.60 Å². The van der Waals surface area contributed by atoms with Crippen LogP contribution in [0.1, 0.15) is 39.5 Å². The lowest BCUT2D eigenvalue weighted by molar-refractivity contribution is -0.140. The van der Waals surface area contributed by atoms with Crippen molar-refractivity contribution >= 4 is 11.8 Å². The first kappa shape index (κ1) is 19.1. The maximum Gasteiger partial charge on any atom is 0.303 e. The Balaban J connectivity index is 1.79. The maximum atomic E-state index is 12.0. The van der Waals surface area contributed by atoms with Crippen LogP contribution in [0.15, 0.2) is 60.3 Å². The van der Waals surface area contributed by atoms with Crippen LogP contribution in [0.3, 0.4) is 0 Å². The Kier molecular flexibility index (Phi) is 4.03. The molecule has 0 aliphatic heterocycles. The molecule has 4 aliphatic carbocycles. The van der Waals surface area contributed by atoms with Crippen molar-refractivity contribution in [1.29, 1.82) is 0 Å². The quantitative estimate of drug-likeness (QED) is 0.726. The molecule has 6 atom stereocenters. The van der Waals surface area contributed by atoms with Crippen molar-refractivity contribution in [1.82, 2.24) is 0 Å². The van der Waals surface area contributed by atoms with Crippen LogP contribution >= 0.6 is 0 Å². The second-order valence-corrected chi connectivity index (χ2v) is 9.34. The number of ketones is 1. The number of rotatable bonds is 3. The number of aliphatic hydroxyl groups is 1. The Bertz CT molecular complexity index is 890. The highest BCUT2D eigenvalue weighted by Crippen LogP contribution is 2.66. The molecule has 2 fully saturated rings. The van der Waals surface area contributed by atoms with Crippen LogP contribution in [0.4, 0.5) is 0 Å². The molecule has 0 unspecified atom stereocenters. The van der Waals surface area contributed by atoms with Gasteiger partial charge in [-0.1, -0.05) is 45.2 Å². The SMILES string of the molecule is C=C1C(=C)[C@@H]2[C@H](C=C[C@@]3(C)[C@H]2CC[C@]3(O)CCC(=O)O)[C@@]2(C)C=CC(=O)C=C12. The third kappa shape index (κ3) is 2.33. The van der Waals surface area contributed by atoms with E-state index in [-0.39, 0.29) is 41.8 Å². The Labute approximate surface area is 166 Å². The van der Waals surface area contributed by atoms with Crippen LogP contribution in [0.5, 0.6) is 0 Å². The van der Waals surface area contributed by atoms with E-state index in [9.17, 15) is 14.7 Å². The van der Waals surface area contributed by atoms with E-state index in [4.69, 9.17) is 5.11 Å². The Morgan fingerprint density at radius 2 is 2.00 bits per heavy atom. The molecular weight excluding hydrogens is 352 g/mol. The smallest absolute Gasteiger partial charge is 0.303 e. The molecule has 28 heavy (non-hydrogen) atoms. The first-order valence-electron chi connectivity index (χ1n) is 10.0. The van der Waals surface area contributed by atoms with Gasteiger partial charge >= 0.3 is 5.97 Å². The van der Waals surface area contributed by atoms with E-state index < -0.39 is 17.0 Å². The first-order chi connectivity index (χ1) is 13.0. The molecular formula is C24H28O4. The van der Waals surface area contributed by atoms with Crippen LogP contribution in [-0.2, 0) is 9.59 Å². The molecule has 148 valence electrons. The van der Waals surface area contributed by atoms with E-state index >= 15 is 0 Å². The molecule has 4 nitrogen and oxygen atoms in total. The summed E-state index contributed by atoms with van der Waals surface area (Å²) in [6, 6.07) is 0. The highest BCUT2D eigenvalue weighted by Gasteiger charge is 2.62. The molecule has 0 aromatic heterocycles. The Morgan fingerprint density at radius 3 is 2.68 bits per heavy atom. The largest absolute Gasteiger partial charge is 0.481 e. The van der Waals surface area contributed by atoms with Crippen molar-refractivity contribution in [3.8, 4) is 0 Å². The fraction of sp³-hybridized carbons (Fsp3) is 0.500. The van der Waals surface area contributed by atoms with Crippen LogP contribution in [-0.4, -0.2) is 27.6 Å². The van der Waals surface area contributed by atoms with Gasteiger partial charge in [-0.2, -0.15) is 0 Å². The number of aliphatic carboxylic acids is 1. The molecule has 2 saturated carbocycles. The lowest BCUT2D eigenvalue weighted by Gasteiger charge is -2.56. The predicted molar refractivity (Wildman–Crippen MR) is 107 cm³/mol. The third-order valence-corrected chi connectivity index (χ3v) is 8.13. The van der Waals surface area contributed by atoms with Gasteiger partial charge in [-0.05, 0) is 65.9 Å². The van der Waals surface area contributed by atoms with E-state index in [1.54, 1.807) is 12.2 Å². The van der Waals surface area contributed by atoms with Crippen LogP contribution in [0, 0.1) is 28.6 Å². The van der Waals surface area contributed by atoms with Gasteiger partial charge in [0.25, 0.3) is 0 Å². The zero-order chi connectivity index (χ0) is 20.5. The van der Waals surface area contributed by atoms with Gasteiger partial charge < -0.3 is 10.2 Å². The number of fused-ring (bicyclic) bond motifs is 5. The van der Waals surface area contributed by atoms with Crippen LogP contribution in [0.2, 0.25) is 0 Å². The summed E-state index contributed by atoms with van der Waals surface area (Å²) in [7, 11) is 0. The number of carbonyl (C=O) groups excluding carboxylic acids is 1. The van der Waals surface area contributed by atoms with Gasteiger partial charge in [0.15, 0.2) is 5.78 Å². The molecule has 0 saturated heterocycles. The lowest BCUT2D eigenvalue weighted by atomic mass is 9.48. The Hall–Kier alpha value is -2.20. The first-order valence-corrected chi connectivity index (χ1v) is 10.0. The minimum Gasteiger partial charge on any atom is -0.481 e. The number of allylic oxidation sites excluding steroid dienone is 7. The highest BCUT2D eigenvalue weighted by atomic mass is 16.4.